The van der Waals surface area contributed by atoms with E-state index < -0.39 is 10.0 Å². The summed E-state index contributed by atoms with van der Waals surface area (Å²) in [5.41, 5.74) is 0.552. The van der Waals surface area contributed by atoms with Crippen LogP contribution in [0.4, 0.5) is 5.69 Å². The number of hydrogen-bond donors (Lipinski definition) is 0. The maximum atomic E-state index is 12.1. The van der Waals surface area contributed by atoms with Gasteiger partial charge in [0.25, 0.3) is 5.91 Å². The van der Waals surface area contributed by atoms with Gasteiger partial charge in [-0.1, -0.05) is 6.92 Å². The lowest BCUT2D eigenvalue weighted by Crippen LogP contribution is -2.41. The molecule has 1 aliphatic heterocycles. The first-order valence-electron chi connectivity index (χ1n) is 7.72. The van der Waals surface area contributed by atoms with Gasteiger partial charge >= 0.3 is 0 Å². The number of ether oxygens (including phenoxy) is 1. The second-order valence-corrected chi connectivity index (χ2v) is 8.11. The molecule has 0 saturated carbocycles. The van der Waals surface area contributed by atoms with Crippen molar-refractivity contribution in [3.8, 4) is 5.75 Å². The maximum absolute atomic E-state index is 12.1. The molecule has 1 atom stereocenters. The third-order valence-electron chi connectivity index (χ3n) is 4.07. The van der Waals surface area contributed by atoms with Crippen LogP contribution in [0.1, 0.15) is 19.8 Å². The van der Waals surface area contributed by atoms with Crippen LogP contribution in [0.15, 0.2) is 24.3 Å². The number of sulfonamides is 1. The van der Waals surface area contributed by atoms with Crippen molar-refractivity contribution in [3.05, 3.63) is 24.3 Å². The lowest BCUT2D eigenvalue weighted by molar-refractivity contribution is -0.135. The Morgan fingerprint density at radius 2 is 2.00 bits per heavy atom. The molecule has 6 nitrogen and oxygen atoms in total. The Hall–Kier alpha value is -1.76. The van der Waals surface area contributed by atoms with E-state index in [2.05, 4.69) is 6.92 Å². The zero-order valence-corrected chi connectivity index (χ0v) is 14.7. The molecule has 1 heterocycles. The molecule has 7 heteroatoms. The third-order valence-corrected chi connectivity index (χ3v) is 5.28. The van der Waals surface area contributed by atoms with Crippen LogP contribution < -0.4 is 9.04 Å². The van der Waals surface area contributed by atoms with Crippen molar-refractivity contribution < 1.29 is 17.9 Å². The van der Waals surface area contributed by atoms with Crippen molar-refractivity contribution in [2.24, 2.45) is 5.92 Å². The summed E-state index contributed by atoms with van der Waals surface area (Å²) in [6.07, 6.45) is 3.36. The highest BCUT2D eigenvalue weighted by Gasteiger charge is 2.21. The van der Waals surface area contributed by atoms with E-state index in [4.69, 9.17) is 4.74 Å². The fourth-order valence-electron chi connectivity index (χ4n) is 2.60. The monoisotopic (exact) mass is 340 g/mol. The average Bonchev–Trinajstić information content (AvgIpc) is 2.51. The molecule has 23 heavy (non-hydrogen) atoms. The molecule has 0 N–H and O–H groups in total. The number of piperidine rings is 1. The van der Waals surface area contributed by atoms with E-state index in [-0.39, 0.29) is 12.5 Å². The summed E-state index contributed by atoms with van der Waals surface area (Å²) >= 11 is 0. The van der Waals surface area contributed by atoms with Gasteiger partial charge in [-0.15, -0.1) is 0 Å². The Bertz CT molecular complexity index is 643. The van der Waals surface area contributed by atoms with E-state index in [1.807, 2.05) is 4.90 Å². The number of benzene rings is 1. The third kappa shape index (κ3) is 4.86. The van der Waals surface area contributed by atoms with E-state index in [0.29, 0.717) is 17.4 Å². The standard InChI is InChI=1S/C16H24N2O4S/c1-13-5-4-10-18(11-13)16(19)12-22-15-8-6-14(7-9-15)17(2)23(3,20)21/h6-9,13H,4-5,10-12H2,1-3H3/t13-/m0/s1. The fraction of sp³-hybridized carbons (Fsp3) is 0.562. The topological polar surface area (TPSA) is 66.9 Å². The van der Waals surface area contributed by atoms with E-state index in [1.165, 1.54) is 17.8 Å². The van der Waals surface area contributed by atoms with Crippen LogP contribution in [0.25, 0.3) is 0 Å². The molecule has 1 aromatic carbocycles. The molecule has 0 radical (unpaired) electrons. The van der Waals surface area contributed by atoms with Crippen LogP contribution in [-0.4, -0.2) is 52.2 Å². The SMILES string of the molecule is C[C@H]1CCCN(C(=O)COc2ccc(N(C)S(C)(=O)=O)cc2)C1. The second-order valence-electron chi connectivity index (χ2n) is 6.10. The number of likely N-dealkylation sites (tertiary alicyclic amines) is 1. The molecule has 1 aromatic rings. The van der Waals surface area contributed by atoms with Crippen LogP contribution in [0.3, 0.4) is 0 Å². The van der Waals surface area contributed by atoms with Gasteiger partial charge in [0.2, 0.25) is 10.0 Å². The molecule has 1 saturated heterocycles. The predicted molar refractivity (Wildman–Crippen MR) is 90.2 cm³/mol. The molecular formula is C16H24N2O4S. The van der Waals surface area contributed by atoms with E-state index >= 15 is 0 Å². The van der Waals surface area contributed by atoms with Crippen LogP contribution in [0.5, 0.6) is 5.75 Å². The van der Waals surface area contributed by atoms with E-state index in [0.717, 1.165) is 25.8 Å². The lowest BCUT2D eigenvalue weighted by atomic mass is 10.0. The first-order valence-corrected chi connectivity index (χ1v) is 9.57. The number of anilines is 1. The van der Waals surface area contributed by atoms with Crippen molar-refractivity contribution >= 4 is 21.6 Å². The Labute approximate surface area is 138 Å². The number of amides is 1. The minimum absolute atomic E-state index is 0.00567. The number of carbonyl (C=O) groups is 1. The molecular weight excluding hydrogens is 316 g/mol. The van der Waals surface area contributed by atoms with Gasteiger partial charge in [0.1, 0.15) is 5.75 Å². The first kappa shape index (κ1) is 17.6. The van der Waals surface area contributed by atoms with Gasteiger partial charge in [0, 0.05) is 20.1 Å². The molecule has 2 rings (SSSR count). The number of nitrogens with zero attached hydrogens (tertiary/aromatic N) is 2. The van der Waals surface area contributed by atoms with E-state index in [9.17, 15) is 13.2 Å². The van der Waals surface area contributed by atoms with Gasteiger partial charge in [-0.05, 0) is 43.0 Å². The van der Waals surface area contributed by atoms with Crippen LogP contribution in [-0.2, 0) is 14.8 Å². The smallest absolute Gasteiger partial charge is 0.260 e. The first-order chi connectivity index (χ1) is 10.8. The highest BCUT2D eigenvalue weighted by Crippen LogP contribution is 2.20. The molecule has 1 amide bonds. The minimum atomic E-state index is -3.28. The largest absolute Gasteiger partial charge is 0.484 e. The zero-order valence-electron chi connectivity index (χ0n) is 13.9. The summed E-state index contributed by atoms with van der Waals surface area (Å²) in [6, 6.07) is 6.65. The Balaban J connectivity index is 1.90. The number of rotatable bonds is 5. The quantitative estimate of drug-likeness (QED) is 0.818. The van der Waals surface area contributed by atoms with Gasteiger partial charge in [-0.2, -0.15) is 0 Å². The zero-order chi connectivity index (χ0) is 17.0. The highest BCUT2D eigenvalue weighted by molar-refractivity contribution is 7.92. The fourth-order valence-corrected chi connectivity index (χ4v) is 3.10. The molecule has 128 valence electrons. The van der Waals surface area contributed by atoms with Gasteiger partial charge in [0.05, 0.1) is 11.9 Å². The summed E-state index contributed by atoms with van der Waals surface area (Å²) < 4.78 is 29.7. The summed E-state index contributed by atoms with van der Waals surface area (Å²) in [4.78, 5) is 14.0. The average molecular weight is 340 g/mol. The number of carbonyl (C=O) groups excluding carboxylic acids is 1. The summed E-state index contributed by atoms with van der Waals surface area (Å²) in [5.74, 6) is 1.08. The van der Waals surface area contributed by atoms with Crippen molar-refractivity contribution in [1.82, 2.24) is 4.90 Å². The molecule has 0 bridgehead atoms. The van der Waals surface area contributed by atoms with Gasteiger partial charge in [-0.25, -0.2) is 8.42 Å². The summed E-state index contributed by atoms with van der Waals surface area (Å²) in [5, 5.41) is 0. The molecule has 1 fully saturated rings. The normalized spacial score (nSPS) is 18.6. The molecule has 0 unspecified atom stereocenters. The molecule has 0 aliphatic carbocycles. The Morgan fingerprint density at radius 3 is 2.57 bits per heavy atom. The van der Waals surface area contributed by atoms with Crippen molar-refractivity contribution in [3.63, 3.8) is 0 Å². The minimum Gasteiger partial charge on any atom is -0.484 e. The number of hydrogen-bond acceptors (Lipinski definition) is 4. The molecule has 0 spiro atoms. The van der Waals surface area contributed by atoms with Crippen molar-refractivity contribution in [2.75, 3.05) is 37.3 Å². The molecule has 0 aromatic heterocycles. The Kier molecular flexibility index (Phi) is 5.51. The highest BCUT2D eigenvalue weighted by atomic mass is 32.2. The van der Waals surface area contributed by atoms with Crippen molar-refractivity contribution in [2.45, 2.75) is 19.8 Å². The van der Waals surface area contributed by atoms with Crippen LogP contribution in [0, 0.1) is 5.92 Å². The van der Waals surface area contributed by atoms with Gasteiger partial charge < -0.3 is 9.64 Å². The van der Waals surface area contributed by atoms with Crippen molar-refractivity contribution in [1.29, 1.82) is 0 Å². The van der Waals surface area contributed by atoms with Crippen LogP contribution in [0.2, 0.25) is 0 Å². The van der Waals surface area contributed by atoms with E-state index in [1.54, 1.807) is 24.3 Å². The maximum Gasteiger partial charge on any atom is 0.260 e. The summed E-state index contributed by atoms with van der Waals surface area (Å²) in [7, 11) is -1.79. The molecule has 1 aliphatic rings. The van der Waals surface area contributed by atoms with Gasteiger partial charge in [0.15, 0.2) is 6.61 Å². The van der Waals surface area contributed by atoms with Gasteiger partial charge in [-0.3, -0.25) is 9.10 Å². The lowest BCUT2D eigenvalue weighted by Gasteiger charge is -2.30. The summed E-state index contributed by atoms with van der Waals surface area (Å²) in [6.45, 7) is 3.75. The predicted octanol–water partition coefficient (Wildman–Crippen LogP) is 1.72. The second kappa shape index (κ2) is 7.21. The van der Waals surface area contributed by atoms with Crippen LogP contribution >= 0.6 is 0 Å². The Morgan fingerprint density at radius 1 is 1.35 bits per heavy atom.